The summed E-state index contributed by atoms with van der Waals surface area (Å²) in [5, 5.41) is 2.98. The number of aryl methyl sites for hydroxylation is 1. The van der Waals surface area contributed by atoms with Crippen LogP contribution in [0.15, 0.2) is 97.1 Å². The van der Waals surface area contributed by atoms with E-state index in [0.29, 0.717) is 24.4 Å². The standard InChI is InChI=1S/C33H33FN2O2/c1-23-9-8-10-25(19-23)21-35-33(37)24(2)38-29-16-15-26-17-18-36(22-28-13-6-7-14-31(28)34)32(30(26)20-29)27-11-4-3-5-12-27/h3-16,19-20,24,32H,17-18,21-22H2,1-2H3,(H,35,37). The highest BCUT2D eigenvalue weighted by Crippen LogP contribution is 2.38. The second kappa shape index (κ2) is 11.6. The van der Waals surface area contributed by atoms with Crippen LogP contribution < -0.4 is 10.1 Å². The van der Waals surface area contributed by atoms with Crippen molar-refractivity contribution < 1.29 is 13.9 Å². The van der Waals surface area contributed by atoms with Crippen LogP contribution in [-0.2, 0) is 24.3 Å². The smallest absolute Gasteiger partial charge is 0.261 e. The molecule has 1 aliphatic heterocycles. The highest BCUT2D eigenvalue weighted by molar-refractivity contribution is 5.80. The number of carbonyl (C=O) groups excluding carboxylic acids is 1. The number of amides is 1. The Morgan fingerprint density at radius 3 is 2.58 bits per heavy atom. The molecule has 0 spiro atoms. The fourth-order valence-corrected chi connectivity index (χ4v) is 5.17. The van der Waals surface area contributed by atoms with Gasteiger partial charge in [0.15, 0.2) is 6.10 Å². The SMILES string of the molecule is Cc1cccc(CNC(=O)C(C)Oc2ccc3c(c2)C(c2ccccc2)N(Cc2ccccc2F)CC3)c1. The molecular formula is C33H33FN2O2. The summed E-state index contributed by atoms with van der Waals surface area (Å²) in [5.41, 5.74) is 6.41. The average Bonchev–Trinajstić information content (AvgIpc) is 2.93. The van der Waals surface area contributed by atoms with Crippen LogP contribution in [0, 0.1) is 12.7 Å². The Bertz CT molecular complexity index is 1410. The van der Waals surface area contributed by atoms with Crippen molar-refractivity contribution in [1.29, 1.82) is 0 Å². The minimum absolute atomic E-state index is 0.0476. The number of hydrogen-bond acceptors (Lipinski definition) is 3. The van der Waals surface area contributed by atoms with E-state index in [2.05, 4.69) is 34.5 Å². The number of nitrogens with zero attached hydrogens (tertiary/aromatic N) is 1. The first-order chi connectivity index (χ1) is 18.5. The number of halogens is 1. The molecule has 0 aliphatic carbocycles. The van der Waals surface area contributed by atoms with Crippen LogP contribution in [0.25, 0.3) is 0 Å². The lowest BCUT2D eigenvalue weighted by atomic mass is 9.87. The van der Waals surface area contributed by atoms with E-state index < -0.39 is 6.10 Å². The molecule has 0 saturated heterocycles. The molecule has 4 aromatic carbocycles. The fourth-order valence-electron chi connectivity index (χ4n) is 5.17. The molecule has 1 N–H and O–H groups in total. The zero-order valence-electron chi connectivity index (χ0n) is 21.9. The highest BCUT2D eigenvalue weighted by atomic mass is 19.1. The van der Waals surface area contributed by atoms with Crippen molar-refractivity contribution in [3.63, 3.8) is 0 Å². The third-order valence-corrected chi connectivity index (χ3v) is 7.12. The molecule has 194 valence electrons. The first-order valence-electron chi connectivity index (χ1n) is 13.1. The first kappa shape index (κ1) is 25.7. The highest BCUT2D eigenvalue weighted by Gasteiger charge is 2.30. The summed E-state index contributed by atoms with van der Waals surface area (Å²) in [5.74, 6) is 0.299. The van der Waals surface area contributed by atoms with Gasteiger partial charge in [-0.2, -0.15) is 0 Å². The number of benzene rings is 4. The van der Waals surface area contributed by atoms with Crippen molar-refractivity contribution >= 4 is 5.91 Å². The van der Waals surface area contributed by atoms with E-state index in [1.165, 1.54) is 11.6 Å². The first-order valence-corrected chi connectivity index (χ1v) is 13.1. The Labute approximate surface area is 224 Å². The Kier molecular flexibility index (Phi) is 7.85. The molecule has 5 heteroatoms. The van der Waals surface area contributed by atoms with Gasteiger partial charge in [0.25, 0.3) is 5.91 Å². The minimum atomic E-state index is -0.647. The normalized spacial score (nSPS) is 15.9. The van der Waals surface area contributed by atoms with E-state index in [9.17, 15) is 9.18 Å². The molecule has 1 amide bonds. The van der Waals surface area contributed by atoms with E-state index in [1.807, 2.05) is 67.6 Å². The molecule has 0 aromatic heterocycles. The van der Waals surface area contributed by atoms with E-state index in [4.69, 9.17) is 4.74 Å². The van der Waals surface area contributed by atoms with Gasteiger partial charge in [-0.05, 0) is 60.7 Å². The Balaban J connectivity index is 1.36. The van der Waals surface area contributed by atoms with E-state index in [-0.39, 0.29) is 17.8 Å². The molecule has 4 nitrogen and oxygen atoms in total. The van der Waals surface area contributed by atoms with Crippen LogP contribution in [0.1, 0.15) is 46.3 Å². The van der Waals surface area contributed by atoms with Crippen LogP contribution >= 0.6 is 0 Å². The van der Waals surface area contributed by atoms with Crippen molar-refractivity contribution in [3.05, 3.63) is 136 Å². The average molecular weight is 509 g/mol. The number of nitrogens with one attached hydrogen (secondary N) is 1. The van der Waals surface area contributed by atoms with Gasteiger partial charge in [-0.15, -0.1) is 0 Å². The van der Waals surface area contributed by atoms with Gasteiger partial charge in [-0.3, -0.25) is 9.69 Å². The third-order valence-electron chi connectivity index (χ3n) is 7.12. The van der Waals surface area contributed by atoms with Crippen molar-refractivity contribution in [2.45, 2.75) is 45.5 Å². The van der Waals surface area contributed by atoms with Gasteiger partial charge in [-0.25, -0.2) is 4.39 Å². The number of hydrogen-bond donors (Lipinski definition) is 1. The van der Waals surface area contributed by atoms with Gasteiger partial charge >= 0.3 is 0 Å². The second-order valence-electron chi connectivity index (χ2n) is 9.95. The van der Waals surface area contributed by atoms with Crippen LogP contribution in [-0.4, -0.2) is 23.5 Å². The van der Waals surface area contributed by atoms with Gasteiger partial charge in [-0.1, -0.05) is 84.4 Å². The summed E-state index contributed by atoms with van der Waals surface area (Å²) < 4.78 is 20.7. The number of fused-ring (bicyclic) bond motifs is 1. The molecule has 2 unspecified atom stereocenters. The third kappa shape index (κ3) is 5.95. The lowest BCUT2D eigenvalue weighted by Gasteiger charge is -2.38. The van der Waals surface area contributed by atoms with Crippen LogP contribution in [0.5, 0.6) is 5.75 Å². The van der Waals surface area contributed by atoms with Crippen molar-refractivity contribution in [2.75, 3.05) is 6.54 Å². The Hall–Kier alpha value is -3.96. The van der Waals surface area contributed by atoms with Crippen molar-refractivity contribution in [3.8, 4) is 5.75 Å². The lowest BCUT2D eigenvalue weighted by molar-refractivity contribution is -0.127. The summed E-state index contributed by atoms with van der Waals surface area (Å²) in [7, 11) is 0. The van der Waals surface area contributed by atoms with Crippen molar-refractivity contribution in [1.82, 2.24) is 10.2 Å². The zero-order chi connectivity index (χ0) is 26.5. The maximum Gasteiger partial charge on any atom is 0.261 e. The van der Waals surface area contributed by atoms with Gasteiger partial charge in [0.1, 0.15) is 11.6 Å². The quantitative estimate of drug-likeness (QED) is 0.301. The Morgan fingerprint density at radius 1 is 1.00 bits per heavy atom. The van der Waals surface area contributed by atoms with E-state index in [0.717, 1.165) is 35.2 Å². The van der Waals surface area contributed by atoms with Crippen LogP contribution in [0.3, 0.4) is 0 Å². The topological polar surface area (TPSA) is 41.6 Å². The fraction of sp³-hybridized carbons (Fsp3) is 0.242. The molecule has 4 aromatic rings. The number of ether oxygens (including phenoxy) is 1. The predicted octanol–water partition coefficient (Wildman–Crippen LogP) is 6.37. The van der Waals surface area contributed by atoms with Gasteiger partial charge < -0.3 is 10.1 Å². The summed E-state index contributed by atoms with van der Waals surface area (Å²) in [6, 6.07) is 31.4. The molecule has 1 aliphatic rings. The second-order valence-corrected chi connectivity index (χ2v) is 9.95. The monoisotopic (exact) mass is 508 g/mol. The van der Waals surface area contributed by atoms with Gasteiger partial charge in [0.05, 0.1) is 6.04 Å². The Morgan fingerprint density at radius 2 is 1.79 bits per heavy atom. The molecule has 2 atom stereocenters. The number of carbonyl (C=O) groups is 1. The molecule has 1 heterocycles. The molecular weight excluding hydrogens is 475 g/mol. The zero-order valence-corrected chi connectivity index (χ0v) is 21.9. The van der Waals surface area contributed by atoms with Gasteiger partial charge in [0, 0.05) is 25.2 Å². The van der Waals surface area contributed by atoms with E-state index in [1.54, 1.807) is 13.0 Å². The molecule has 0 bridgehead atoms. The molecule has 38 heavy (non-hydrogen) atoms. The molecule has 0 saturated carbocycles. The predicted molar refractivity (Wildman–Crippen MR) is 148 cm³/mol. The lowest BCUT2D eigenvalue weighted by Crippen LogP contribution is -2.37. The summed E-state index contributed by atoms with van der Waals surface area (Å²) in [6.45, 7) is 5.59. The van der Waals surface area contributed by atoms with Gasteiger partial charge in [0.2, 0.25) is 0 Å². The van der Waals surface area contributed by atoms with Crippen LogP contribution in [0.2, 0.25) is 0 Å². The maximum absolute atomic E-state index is 14.6. The summed E-state index contributed by atoms with van der Waals surface area (Å²) >= 11 is 0. The number of rotatable bonds is 8. The minimum Gasteiger partial charge on any atom is -0.481 e. The molecule has 5 rings (SSSR count). The van der Waals surface area contributed by atoms with Crippen molar-refractivity contribution in [2.24, 2.45) is 0 Å². The summed E-state index contributed by atoms with van der Waals surface area (Å²) in [6.07, 6.45) is 0.214. The largest absolute Gasteiger partial charge is 0.481 e. The maximum atomic E-state index is 14.6. The van der Waals surface area contributed by atoms with Crippen LogP contribution in [0.4, 0.5) is 4.39 Å². The molecule has 0 fully saturated rings. The van der Waals surface area contributed by atoms with E-state index >= 15 is 0 Å². The summed E-state index contributed by atoms with van der Waals surface area (Å²) in [4.78, 5) is 15.1. The molecule has 0 radical (unpaired) electrons.